The minimum Gasteiger partial charge on any atom is -0.296 e. The van der Waals surface area contributed by atoms with Crippen LogP contribution in [0.25, 0.3) is 10.9 Å². The number of nitrogens with zero attached hydrogens (tertiary/aromatic N) is 2. The van der Waals surface area contributed by atoms with Crippen molar-refractivity contribution in [2.75, 3.05) is 7.05 Å². The first kappa shape index (κ1) is 11.4. The van der Waals surface area contributed by atoms with E-state index in [0.717, 1.165) is 16.5 Å². The summed E-state index contributed by atoms with van der Waals surface area (Å²) < 4.78 is 0. The zero-order valence-electron chi connectivity index (χ0n) is 9.44. The molecule has 0 aliphatic rings. The highest BCUT2D eigenvalue weighted by molar-refractivity contribution is 5.87. The van der Waals surface area contributed by atoms with Crippen molar-refractivity contribution in [1.82, 2.24) is 4.98 Å². The van der Waals surface area contributed by atoms with E-state index in [2.05, 4.69) is 22.1 Å². The maximum absolute atomic E-state index is 4.31. The van der Waals surface area contributed by atoms with Gasteiger partial charge in [-0.1, -0.05) is 32.0 Å². The highest BCUT2D eigenvalue weighted by Gasteiger charge is 1.93. The number of hydrogen-bond acceptors (Lipinski definition) is 2. The summed E-state index contributed by atoms with van der Waals surface area (Å²) in [6.07, 6.45) is 3.63. The van der Waals surface area contributed by atoms with Crippen LogP contribution in [0.4, 0.5) is 0 Å². The van der Waals surface area contributed by atoms with Crippen molar-refractivity contribution in [3.05, 3.63) is 42.1 Å². The molecular formula is C13H16N2. The Hall–Kier alpha value is -1.70. The average Bonchev–Trinajstić information content (AvgIpc) is 2.32. The summed E-state index contributed by atoms with van der Waals surface area (Å²) >= 11 is 0. The molecule has 2 rings (SSSR count). The van der Waals surface area contributed by atoms with Crippen LogP contribution in [0.1, 0.15) is 19.4 Å². The molecule has 2 heteroatoms. The highest BCUT2D eigenvalue weighted by Crippen LogP contribution is 2.11. The molecule has 0 radical (unpaired) electrons. The molecule has 0 fully saturated rings. The van der Waals surface area contributed by atoms with Crippen LogP contribution in [0.3, 0.4) is 0 Å². The highest BCUT2D eigenvalue weighted by atomic mass is 14.7. The second-order valence-corrected chi connectivity index (χ2v) is 2.85. The summed E-state index contributed by atoms with van der Waals surface area (Å²) in [5, 5.41) is 1.15. The van der Waals surface area contributed by atoms with Gasteiger partial charge in [0.1, 0.15) is 0 Å². The number of aromatic nitrogens is 1. The van der Waals surface area contributed by atoms with Gasteiger partial charge in [0.25, 0.3) is 0 Å². The van der Waals surface area contributed by atoms with E-state index in [-0.39, 0.29) is 0 Å². The maximum atomic E-state index is 4.31. The predicted molar refractivity (Wildman–Crippen MR) is 66.6 cm³/mol. The van der Waals surface area contributed by atoms with Gasteiger partial charge in [-0.05, 0) is 12.1 Å². The van der Waals surface area contributed by atoms with Gasteiger partial charge in [-0.3, -0.25) is 9.98 Å². The molecule has 0 bridgehead atoms. The first-order chi connectivity index (χ1) is 7.40. The molecule has 0 amide bonds. The lowest BCUT2D eigenvalue weighted by atomic mass is 10.2. The Bertz CT molecular complexity index is 447. The molecule has 2 nitrogen and oxygen atoms in total. The number of hydrogen-bond donors (Lipinski definition) is 0. The van der Waals surface area contributed by atoms with Gasteiger partial charge in [-0.15, -0.1) is 0 Å². The summed E-state index contributed by atoms with van der Waals surface area (Å²) in [5.41, 5.74) is 2.07. The van der Waals surface area contributed by atoms with Crippen molar-refractivity contribution in [3.8, 4) is 0 Å². The molecule has 0 aliphatic carbocycles. The van der Waals surface area contributed by atoms with Crippen LogP contribution in [0.2, 0.25) is 0 Å². The molecule has 0 N–H and O–H groups in total. The number of fused-ring (bicyclic) bond motifs is 1. The first-order valence-corrected chi connectivity index (χ1v) is 5.17. The second kappa shape index (κ2) is 5.91. The van der Waals surface area contributed by atoms with Crippen molar-refractivity contribution in [2.45, 2.75) is 13.8 Å². The van der Waals surface area contributed by atoms with E-state index >= 15 is 0 Å². The Morgan fingerprint density at radius 2 is 1.93 bits per heavy atom. The number of pyridine rings is 1. The minimum atomic E-state index is 1.02. The van der Waals surface area contributed by atoms with Gasteiger partial charge in [0.2, 0.25) is 0 Å². The third-order valence-corrected chi connectivity index (χ3v) is 1.89. The second-order valence-electron chi connectivity index (χ2n) is 2.85. The molecule has 0 aliphatic heterocycles. The monoisotopic (exact) mass is 200 g/mol. The lowest BCUT2D eigenvalue weighted by molar-refractivity contribution is 1.39. The van der Waals surface area contributed by atoms with Crippen molar-refractivity contribution in [2.24, 2.45) is 4.99 Å². The average molecular weight is 200 g/mol. The van der Waals surface area contributed by atoms with Gasteiger partial charge in [0.15, 0.2) is 0 Å². The number of benzene rings is 1. The van der Waals surface area contributed by atoms with Crippen LogP contribution in [0.5, 0.6) is 0 Å². The molecule has 1 aromatic heterocycles. The molecule has 1 heterocycles. The fourth-order valence-corrected chi connectivity index (χ4v) is 1.31. The minimum absolute atomic E-state index is 1.02. The van der Waals surface area contributed by atoms with Crippen molar-refractivity contribution < 1.29 is 0 Å². The van der Waals surface area contributed by atoms with Crippen molar-refractivity contribution >= 4 is 17.1 Å². The van der Waals surface area contributed by atoms with Crippen LogP contribution in [0.15, 0.2) is 41.5 Å². The fraction of sp³-hybridized carbons (Fsp3) is 0.231. The van der Waals surface area contributed by atoms with E-state index in [0.29, 0.717) is 0 Å². The van der Waals surface area contributed by atoms with E-state index in [1.807, 2.05) is 38.2 Å². The third kappa shape index (κ3) is 2.88. The smallest absolute Gasteiger partial charge is 0.0702 e. The van der Waals surface area contributed by atoms with Crippen LogP contribution >= 0.6 is 0 Å². The van der Waals surface area contributed by atoms with Crippen LogP contribution < -0.4 is 0 Å². The van der Waals surface area contributed by atoms with Crippen LogP contribution in [-0.2, 0) is 0 Å². The standard InChI is InChI=1S/C11H10N2.C2H6/c1-12-7-9-6-10-4-2-3-5-11(10)13-8-9;1-2/h2-8H,1H3;1-2H3. The predicted octanol–water partition coefficient (Wildman–Crippen LogP) is 3.31. The Morgan fingerprint density at radius 3 is 2.67 bits per heavy atom. The maximum Gasteiger partial charge on any atom is 0.0702 e. The summed E-state index contributed by atoms with van der Waals surface area (Å²) in [4.78, 5) is 8.26. The van der Waals surface area contributed by atoms with E-state index in [1.54, 1.807) is 13.3 Å². The number of rotatable bonds is 1. The molecular weight excluding hydrogens is 184 g/mol. The summed E-state index contributed by atoms with van der Waals surface area (Å²) in [6, 6.07) is 10.1. The molecule has 0 saturated carbocycles. The number of para-hydroxylation sites is 1. The largest absolute Gasteiger partial charge is 0.296 e. The van der Waals surface area contributed by atoms with Gasteiger partial charge >= 0.3 is 0 Å². The zero-order chi connectivity index (χ0) is 11.1. The lowest BCUT2D eigenvalue weighted by Gasteiger charge is -1.96. The molecule has 0 spiro atoms. The van der Waals surface area contributed by atoms with Crippen molar-refractivity contribution in [3.63, 3.8) is 0 Å². The lowest BCUT2D eigenvalue weighted by Crippen LogP contribution is -1.84. The van der Waals surface area contributed by atoms with Crippen LogP contribution in [0, 0.1) is 0 Å². The Labute approximate surface area is 90.7 Å². The Balaban J connectivity index is 0.000000531. The van der Waals surface area contributed by atoms with Crippen molar-refractivity contribution in [1.29, 1.82) is 0 Å². The molecule has 2 aromatic rings. The van der Waals surface area contributed by atoms with E-state index in [1.165, 1.54) is 0 Å². The Morgan fingerprint density at radius 1 is 1.20 bits per heavy atom. The van der Waals surface area contributed by atoms with E-state index < -0.39 is 0 Å². The van der Waals surface area contributed by atoms with Crippen LogP contribution in [-0.4, -0.2) is 18.2 Å². The molecule has 1 aromatic carbocycles. The van der Waals surface area contributed by atoms with Gasteiger partial charge < -0.3 is 0 Å². The SMILES string of the molecule is CC.CN=Cc1cnc2ccccc2c1. The quantitative estimate of drug-likeness (QED) is 0.648. The van der Waals surface area contributed by atoms with Gasteiger partial charge in [-0.25, -0.2) is 0 Å². The fourth-order valence-electron chi connectivity index (χ4n) is 1.31. The molecule has 0 unspecified atom stereocenters. The molecule has 78 valence electrons. The number of aliphatic imine (C=N–C) groups is 1. The van der Waals surface area contributed by atoms with Gasteiger partial charge in [0, 0.05) is 30.4 Å². The Kier molecular flexibility index (Phi) is 4.48. The zero-order valence-corrected chi connectivity index (χ0v) is 9.44. The topological polar surface area (TPSA) is 25.2 Å². The summed E-state index contributed by atoms with van der Waals surface area (Å²) in [5.74, 6) is 0. The van der Waals surface area contributed by atoms with Gasteiger partial charge in [-0.2, -0.15) is 0 Å². The van der Waals surface area contributed by atoms with E-state index in [4.69, 9.17) is 0 Å². The molecule has 0 atom stereocenters. The summed E-state index contributed by atoms with van der Waals surface area (Å²) in [7, 11) is 1.76. The third-order valence-electron chi connectivity index (χ3n) is 1.89. The van der Waals surface area contributed by atoms with Gasteiger partial charge in [0.05, 0.1) is 5.52 Å². The first-order valence-electron chi connectivity index (χ1n) is 5.17. The summed E-state index contributed by atoms with van der Waals surface area (Å²) in [6.45, 7) is 4.00. The normalized spacial score (nSPS) is 10.1. The molecule has 15 heavy (non-hydrogen) atoms. The van der Waals surface area contributed by atoms with E-state index in [9.17, 15) is 0 Å². The molecule has 0 saturated heterocycles.